The Bertz CT molecular complexity index is 250. The SMILES string of the molecule is CC=C(C)C(=O)NC1CC(C)NC(C)C1. The van der Waals surface area contributed by atoms with Crippen molar-refractivity contribution in [1.29, 1.82) is 0 Å². The normalized spacial score (nSPS) is 32.5. The maximum atomic E-state index is 11.7. The number of piperidine rings is 1. The van der Waals surface area contributed by atoms with Crippen LogP contribution in [0, 0.1) is 0 Å². The molecular formula is C12H22N2O. The van der Waals surface area contributed by atoms with Crippen LogP contribution in [-0.4, -0.2) is 24.0 Å². The fourth-order valence-corrected chi connectivity index (χ4v) is 2.12. The van der Waals surface area contributed by atoms with E-state index in [9.17, 15) is 4.79 Å². The highest BCUT2D eigenvalue weighted by Crippen LogP contribution is 2.13. The molecule has 1 saturated heterocycles. The summed E-state index contributed by atoms with van der Waals surface area (Å²) in [5.41, 5.74) is 0.800. The topological polar surface area (TPSA) is 41.1 Å². The lowest BCUT2D eigenvalue weighted by Gasteiger charge is -2.33. The number of rotatable bonds is 2. The number of carbonyl (C=O) groups is 1. The Labute approximate surface area is 92.3 Å². The zero-order valence-electron chi connectivity index (χ0n) is 10.1. The van der Waals surface area contributed by atoms with E-state index in [1.807, 2.05) is 19.9 Å². The molecule has 86 valence electrons. The summed E-state index contributed by atoms with van der Waals surface area (Å²) in [6.07, 6.45) is 3.89. The van der Waals surface area contributed by atoms with Crippen LogP contribution >= 0.6 is 0 Å². The second-order valence-corrected chi connectivity index (χ2v) is 4.58. The summed E-state index contributed by atoms with van der Waals surface area (Å²) in [6, 6.07) is 1.30. The minimum Gasteiger partial charge on any atom is -0.349 e. The molecule has 1 aliphatic heterocycles. The molecule has 0 aliphatic carbocycles. The quantitative estimate of drug-likeness (QED) is 0.680. The van der Waals surface area contributed by atoms with Crippen LogP contribution in [-0.2, 0) is 4.79 Å². The number of hydrogen-bond acceptors (Lipinski definition) is 2. The molecule has 0 aromatic heterocycles. The highest BCUT2D eigenvalue weighted by atomic mass is 16.1. The average Bonchev–Trinajstić information content (AvgIpc) is 2.14. The first-order valence-electron chi connectivity index (χ1n) is 5.72. The fraction of sp³-hybridized carbons (Fsp3) is 0.750. The van der Waals surface area contributed by atoms with Crippen LogP contribution in [0.2, 0.25) is 0 Å². The van der Waals surface area contributed by atoms with Crippen molar-refractivity contribution in [3.05, 3.63) is 11.6 Å². The molecule has 1 heterocycles. The van der Waals surface area contributed by atoms with Gasteiger partial charge in [0.25, 0.3) is 0 Å². The molecule has 2 N–H and O–H groups in total. The summed E-state index contributed by atoms with van der Waals surface area (Å²) in [7, 11) is 0. The Kier molecular flexibility index (Phi) is 4.33. The summed E-state index contributed by atoms with van der Waals surface area (Å²) < 4.78 is 0. The largest absolute Gasteiger partial charge is 0.349 e. The van der Waals surface area contributed by atoms with Gasteiger partial charge in [-0.15, -0.1) is 0 Å². The van der Waals surface area contributed by atoms with E-state index in [2.05, 4.69) is 24.5 Å². The third kappa shape index (κ3) is 3.67. The Hall–Kier alpha value is -0.830. The number of nitrogens with one attached hydrogen (secondary N) is 2. The van der Waals surface area contributed by atoms with Crippen LogP contribution in [0.25, 0.3) is 0 Å². The zero-order chi connectivity index (χ0) is 11.4. The maximum Gasteiger partial charge on any atom is 0.246 e. The van der Waals surface area contributed by atoms with Crippen molar-refractivity contribution in [3.8, 4) is 0 Å². The van der Waals surface area contributed by atoms with Crippen LogP contribution in [0.15, 0.2) is 11.6 Å². The van der Waals surface area contributed by atoms with Crippen LogP contribution in [0.1, 0.15) is 40.5 Å². The summed E-state index contributed by atoms with van der Waals surface area (Å²) >= 11 is 0. The number of carbonyl (C=O) groups excluding carboxylic acids is 1. The smallest absolute Gasteiger partial charge is 0.246 e. The van der Waals surface area contributed by atoms with E-state index in [1.165, 1.54) is 0 Å². The van der Waals surface area contributed by atoms with Gasteiger partial charge >= 0.3 is 0 Å². The molecule has 3 heteroatoms. The van der Waals surface area contributed by atoms with E-state index < -0.39 is 0 Å². The second kappa shape index (κ2) is 5.31. The van der Waals surface area contributed by atoms with Gasteiger partial charge in [-0.2, -0.15) is 0 Å². The molecule has 1 fully saturated rings. The molecule has 0 aromatic carbocycles. The minimum absolute atomic E-state index is 0.0730. The molecule has 0 spiro atoms. The molecule has 2 unspecified atom stereocenters. The standard InChI is InChI=1S/C12H22N2O/c1-5-8(2)12(15)14-11-6-9(3)13-10(4)7-11/h5,9-11,13H,6-7H2,1-4H3,(H,14,15). The van der Waals surface area contributed by atoms with Gasteiger partial charge in [0.15, 0.2) is 0 Å². The van der Waals surface area contributed by atoms with Gasteiger partial charge in [-0.3, -0.25) is 4.79 Å². The van der Waals surface area contributed by atoms with E-state index in [1.54, 1.807) is 0 Å². The van der Waals surface area contributed by atoms with Crippen LogP contribution in [0.5, 0.6) is 0 Å². The van der Waals surface area contributed by atoms with Gasteiger partial charge in [0.1, 0.15) is 0 Å². The Morgan fingerprint density at radius 2 is 1.87 bits per heavy atom. The van der Waals surface area contributed by atoms with Crippen molar-refractivity contribution < 1.29 is 4.79 Å². The van der Waals surface area contributed by atoms with Gasteiger partial charge in [0.2, 0.25) is 5.91 Å². The lowest BCUT2D eigenvalue weighted by atomic mass is 9.95. The lowest BCUT2D eigenvalue weighted by Crippen LogP contribution is -2.50. The Morgan fingerprint density at radius 1 is 1.33 bits per heavy atom. The molecule has 0 radical (unpaired) electrons. The first-order chi connectivity index (χ1) is 7.02. The molecule has 2 atom stereocenters. The van der Waals surface area contributed by atoms with Crippen molar-refractivity contribution >= 4 is 5.91 Å². The highest BCUT2D eigenvalue weighted by Gasteiger charge is 2.24. The summed E-state index contributed by atoms with van der Waals surface area (Å²) in [4.78, 5) is 11.7. The van der Waals surface area contributed by atoms with Crippen LogP contribution in [0.3, 0.4) is 0 Å². The van der Waals surface area contributed by atoms with Crippen molar-refractivity contribution in [2.45, 2.75) is 58.7 Å². The molecule has 15 heavy (non-hydrogen) atoms. The highest BCUT2D eigenvalue weighted by molar-refractivity contribution is 5.92. The van der Waals surface area contributed by atoms with E-state index in [-0.39, 0.29) is 5.91 Å². The first-order valence-corrected chi connectivity index (χ1v) is 5.72. The Morgan fingerprint density at radius 3 is 2.33 bits per heavy atom. The lowest BCUT2D eigenvalue weighted by molar-refractivity contribution is -0.118. The van der Waals surface area contributed by atoms with Gasteiger partial charge in [0.05, 0.1) is 0 Å². The molecule has 0 aromatic rings. The van der Waals surface area contributed by atoms with Gasteiger partial charge in [0, 0.05) is 23.7 Å². The molecule has 0 bridgehead atoms. The summed E-state index contributed by atoms with van der Waals surface area (Å²) in [5.74, 6) is 0.0730. The summed E-state index contributed by atoms with van der Waals surface area (Å²) in [5, 5.41) is 6.54. The Balaban J connectivity index is 2.48. The predicted molar refractivity (Wildman–Crippen MR) is 62.7 cm³/mol. The van der Waals surface area contributed by atoms with Crippen LogP contribution < -0.4 is 10.6 Å². The third-order valence-electron chi connectivity index (χ3n) is 2.97. The second-order valence-electron chi connectivity index (χ2n) is 4.58. The van der Waals surface area contributed by atoms with Gasteiger partial charge < -0.3 is 10.6 Å². The van der Waals surface area contributed by atoms with Gasteiger partial charge in [-0.1, -0.05) is 6.08 Å². The van der Waals surface area contributed by atoms with E-state index in [0.29, 0.717) is 18.1 Å². The molecule has 0 saturated carbocycles. The minimum atomic E-state index is 0.0730. The molecular weight excluding hydrogens is 188 g/mol. The third-order valence-corrected chi connectivity index (χ3v) is 2.97. The molecule has 1 aliphatic rings. The predicted octanol–water partition coefficient (Wildman–Crippen LogP) is 1.60. The first kappa shape index (κ1) is 12.2. The fourth-order valence-electron chi connectivity index (χ4n) is 2.12. The van der Waals surface area contributed by atoms with Gasteiger partial charge in [-0.05, 0) is 40.5 Å². The monoisotopic (exact) mass is 210 g/mol. The van der Waals surface area contributed by atoms with E-state index >= 15 is 0 Å². The maximum absolute atomic E-state index is 11.7. The number of amides is 1. The molecule has 1 rings (SSSR count). The van der Waals surface area contributed by atoms with Gasteiger partial charge in [-0.25, -0.2) is 0 Å². The van der Waals surface area contributed by atoms with Crippen LogP contribution in [0.4, 0.5) is 0 Å². The number of allylic oxidation sites excluding steroid dienone is 1. The molecule has 3 nitrogen and oxygen atoms in total. The van der Waals surface area contributed by atoms with Crippen molar-refractivity contribution in [2.24, 2.45) is 0 Å². The zero-order valence-corrected chi connectivity index (χ0v) is 10.1. The van der Waals surface area contributed by atoms with E-state index in [4.69, 9.17) is 0 Å². The van der Waals surface area contributed by atoms with Crippen molar-refractivity contribution in [1.82, 2.24) is 10.6 Å². The summed E-state index contributed by atoms with van der Waals surface area (Å²) in [6.45, 7) is 8.07. The van der Waals surface area contributed by atoms with Crippen molar-refractivity contribution in [2.75, 3.05) is 0 Å². The average molecular weight is 210 g/mol. The van der Waals surface area contributed by atoms with E-state index in [0.717, 1.165) is 18.4 Å². The van der Waals surface area contributed by atoms with Crippen molar-refractivity contribution in [3.63, 3.8) is 0 Å². The molecule has 1 amide bonds. The number of hydrogen-bond donors (Lipinski definition) is 2.